The van der Waals surface area contributed by atoms with Gasteiger partial charge in [0.25, 0.3) is 0 Å². The number of hydrogen-bond acceptors (Lipinski definition) is 7. The molecule has 1 saturated carbocycles. The molecule has 0 bridgehead atoms. The standard InChI is InChI=1S/C20H20ClFN6O2/c1-11(29)26-12-2-5-14(6-3-12)30-20-23-9-17-18(28-20)19(25-10-24-17)27-13-4-7-16(22)15(21)8-13/h4,7-10,12,14H,2-3,5-6H2,1H3,(H,26,29)(H,24,25,27)/t12-,14-. The maximum absolute atomic E-state index is 13.4. The molecule has 2 aromatic heterocycles. The van der Waals surface area contributed by atoms with Crippen molar-refractivity contribution in [3.8, 4) is 6.01 Å². The van der Waals surface area contributed by atoms with E-state index < -0.39 is 5.82 Å². The summed E-state index contributed by atoms with van der Waals surface area (Å²) in [5, 5.41) is 6.03. The summed E-state index contributed by atoms with van der Waals surface area (Å²) in [5.41, 5.74) is 1.59. The second-order valence-corrected chi connectivity index (χ2v) is 7.56. The molecule has 1 fully saturated rings. The van der Waals surface area contributed by atoms with Gasteiger partial charge in [-0.1, -0.05) is 11.6 Å². The maximum atomic E-state index is 13.4. The van der Waals surface area contributed by atoms with E-state index in [9.17, 15) is 9.18 Å². The van der Waals surface area contributed by atoms with Gasteiger partial charge in [0.2, 0.25) is 5.91 Å². The molecule has 1 aromatic carbocycles. The first-order valence-electron chi connectivity index (χ1n) is 9.61. The van der Waals surface area contributed by atoms with Crippen LogP contribution in [0.3, 0.4) is 0 Å². The second-order valence-electron chi connectivity index (χ2n) is 7.15. The van der Waals surface area contributed by atoms with Gasteiger partial charge >= 0.3 is 6.01 Å². The van der Waals surface area contributed by atoms with Crippen molar-refractivity contribution in [2.45, 2.75) is 44.8 Å². The number of nitrogens with zero attached hydrogens (tertiary/aromatic N) is 4. The third kappa shape index (κ3) is 4.73. The molecule has 10 heteroatoms. The lowest BCUT2D eigenvalue weighted by atomic mass is 9.93. The van der Waals surface area contributed by atoms with Crippen LogP contribution in [0.5, 0.6) is 6.01 Å². The Hall–Kier alpha value is -3.07. The van der Waals surface area contributed by atoms with E-state index in [0.29, 0.717) is 22.5 Å². The van der Waals surface area contributed by atoms with Crippen LogP contribution in [0.4, 0.5) is 15.9 Å². The highest BCUT2D eigenvalue weighted by Crippen LogP contribution is 2.27. The Bertz CT molecular complexity index is 1070. The minimum atomic E-state index is -0.499. The largest absolute Gasteiger partial charge is 0.460 e. The molecule has 156 valence electrons. The van der Waals surface area contributed by atoms with Gasteiger partial charge < -0.3 is 15.4 Å². The van der Waals surface area contributed by atoms with Crippen LogP contribution in [0.2, 0.25) is 5.02 Å². The highest BCUT2D eigenvalue weighted by molar-refractivity contribution is 6.31. The lowest BCUT2D eigenvalue weighted by Crippen LogP contribution is -2.38. The zero-order chi connectivity index (χ0) is 21.1. The minimum Gasteiger partial charge on any atom is -0.460 e. The molecule has 2 heterocycles. The van der Waals surface area contributed by atoms with Gasteiger partial charge in [-0.2, -0.15) is 4.98 Å². The summed E-state index contributed by atoms with van der Waals surface area (Å²) in [6.07, 6.45) is 6.24. The molecule has 3 aromatic rings. The number of hydrogen-bond donors (Lipinski definition) is 2. The van der Waals surface area contributed by atoms with Crippen LogP contribution >= 0.6 is 11.6 Å². The van der Waals surface area contributed by atoms with Crippen molar-refractivity contribution in [3.63, 3.8) is 0 Å². The van der Waals surface area contributed by atoms with E-state index in [1.165, 1.54) is 25.4 Å². The summed E-state index contributed by atoms with van der Waals surface area (Å²) < 4.78 is 19.4. The molecule has 1 aliphatic carbocycles. The van der Waals surface area contributed by atoms with E-state index in [0.717, 1.165) is 25.7 Å². The van der Waals surface area contributed by atoms with Crippen molar-refractivity contribution in [1.82, 2.24) is 25.3 Å². The fourth-order valence-corrected chi connectivity index (χ4v) is 3.64. The maximum Gasteiger partial charge on any atom is 0.317 e. The molecule has 0 unspecified atom stereocenters. The predicted molar refractivity (Wildman–Crippen MR) is 110 cm³/mol. The number of anilines is 2. The molecule has 0 aliphatic heterocycles. The Morgan fingerprint density at radius 1 is 1.20 bits per heavy atom. The Morgan fingerprint density at radius 3 is 2.73 bits per heavy atom. The van der Waals surface area contributed by atoms with Crippen molar-refractivity contribution >= 4 is 40.0 Å². The molecule has 0 spiro atoms. The number of benzene rings is 1. The highest BCUT2D eigenvalue weighted by atomic mass is 35.5. The number of carbonyl (C=O) groups is 1. The molecular formula is C20H20ClFN6O2. The van der Waals surface area contributed by atoms with Crippen LogP contribution in [0.1, 0.15) is 32.6 Å². The number of halogens is 2. The van der Waals surface area contributed by atoms with Crippen LogP contribution in [0.15, 0.2) is 30.7 Å². The van der Waals surface area contributed by atoms with Gasteiger partial charge in [0.15, 0.2) is 5.82 Å². The fraction of sp³-hybridized carbons (Fsp3) is 0.350. The number of fused-ring (bicyclic) bond motifs is 1. The van der Waals surface area contributed by atoms with Crippen LogP contribution in [0.25, 0.3) is 11.0 Å². The van der Waals surface area contributed by atoms with E-state index in [4.69, 9.17) is 16.3 Å². The summed E-state index contributed by atoms with van der Waals surface area (Å²) in [5.74, 6) is -0.0787. The molecule has 1 aliphatic rings. The number of amides is 1. The highest BCUT2D eigenvalue weighted by Gasteiger charge is 2.24. The smallest absolute Gasteiger partial charge is 0.317 e. The van der Waals surface area contributed by atoms with E-state index in [2.05, 4.69) is 30.6 Å². The molecule has 0 saturated heterocycles. The van der Waals surface area contributed by atoms with Gasteiger partial charge in [-0.3, -0.25) is 4.79 Å². The Labute approximate surface area is 177 Å². The summed E-state index contributed by atoms with van der Waals surface area (Å²) in [7, 11) is 0. The monoisotopic (exact) mass is 430 g/mol. The third-order valence-corrected chi connectivity index (χ3v) is 5.18. The van der Waals surface area contributed by atoms with E-state index in [1.54, 1.807) is 12.3 Å². The Balaban J connectivity index is 1.50. The lowest BCUT2D eigenvalue weighted by molar-refractivity contribution is -0.120. The van der Waals surface area contributed by atoms with Crippen LogP contribution in [-0.4, -0.2) is 38.0 Å². The average Bonchev–Trinajstić information content (AvgIpc) is 2.72. The van der Waals surface area contributed by atoms with Gasteiger partial charge in [-0.15, -0.1) is 0 Å². The van der Waals surface area contributed by atoms with Crippen molar-refractivity contribution in [2.75, 3.05) is 5.32 Å². The average molecular weight is 431 g/mol. The zero-order valence-electron chi connectivity index (χ0n) is 16.2. The van der Waals surface area contributed by atoms with Crippen LogP contribution in [0, 0.1) is 5.82 Å². The molecule has 8 nitrogen and oxygen atoms in total. The third-order valence-electron chi connectivity index (χ3n) is 4.89. The summed E-state index contributed by atoms with van der Waals surface area (Å²) >= 11 is 5.85. The number of rotatable bonds is 5. The SMILES string of the molecule is CC(=O)N[C@H]1CC[C@H](Oc2ncc3ncnc(Nc4ccc(F)c(Cl)c4)c3n2)CC1. The van der Waals surface area contributed by atoms with E-state index in [1.807, 2.05) is 0 Å². The van der Waals surface area contributed by atoms with Crippen molar-refractivity contribution < 1.29 is 13.9 Å². The molecule has 30 heavy (non-hydrogen) atoms. The van der Waals surface area contributed by atoms with Gasteiger partial charge in [0, 0.05) is 18.7 Å². The van der Waals surface area contributed by atoms with Crippen LogP contribution in [-0.2, 0) is 4.79 Å². The summed E-state index contributed by atoms with van der Waals surface area (Å²) in [6, 6.07) is 4.72. The summed E-state index contributed by atoms with van der Waals surface area (Å²) in [4.78, 5) is 28.3. The quantitative estimate of drug-likeness (QED) is 0.635. The van der Waals surface area contributed by atoms with Gasteiger partial charge in [-0.05, 0) is 43.9 Å². The number of aromatic nitrogens is 4. The zero-order valence-corrected chi connectivity index (χ0v) is 17.0. The van der Waals surface area contributed by atoms with Gasteiger partial charge in [0.1, 0.15) is 29.3 Å². The first-order valence-corrected chi connectivity index (χ1v) is 9.99. The number of ether oxygens (including phenoxy) is 1. The van der Waals surface area contributed by atoms with Gasteiger partial charge in [-0.25, -0.2) is 19.3 Å². The second kappa shape index (κ2) is 8.74. The molecule has 1 amide bonds. The molecule has 0 radical (unpaired) electrons. The van der Waals surface area contributed by atoms with Crippen molar-refractivity contribution in [1.29, 1.82) is 0 Å². The molecule has 0 atom stereocenters. The molecule has 4 rings (SSSR count). The van der Waals surface area contributed by atoms with Crippen molar-refractivity contribution in [2.24, 2.45) is 0 Å². The normalized spacial score (nSPS) is 18.8. The number of carbonyl (C=O) groups excluding carboxylic acids is 1. The topological polar surface area (TPSA) is 102 Å². The minimum absolute atomic E-state index is 0.00637. The predicted octanol–water partition coefficient (Wildman–Crippen LogP) is 3.78. The van der Waals surface area contributed by atoms with Crippen LogP contribution < -0.4 is 15.4 Å². The fourth-order valence-electron chi connectivity index (χ4n) is 3.46. The molecular weight excluding hydrogens is 411 g/mol. The van der Waals surface area contributed by atoms with E-state index in [-0.39, 0.29) is 29.1 Å². The van der Waals surface area contributed by atoms with Crippen molar-refractivity contribution in [3.05, 3.63) is 41.6 Å². The Kier molecular flexibility index (Phi) is 5.89. The molecule has 2 N–H and O–H groups in total. The Morgan fingerprint density at radius 2 is 2.00 bits per heavy atom. The lowest BCUT2D eigenvalue weighted by Gasteiger charge is -2.28. The number of nitrogens with one attached hydrogen (secondary N) is 2. The first-order chi connectivity index (χ1) is 14.5. The summed E-state index contributed by atoms with van der Waals surface area (Å²) in [6.45, 7) is 1.53. The van der Waals surface area contributed by atoms with E-state index >= 15 is 0 Å². The van der Waals surface area contributed by atoms with Gasteiger partial charge in [0.05, 0.1) is 11.2 Å². The first kappa shape index (κ1) is 20.2.